The number of rotatable bonds is 13. The molecule has 11 heteroatoms. The van der Waals surface area contributed by atoms with Crippen LogP contribution in [0, 0.1) is 20.8 Å². The number of Topliss-reactive ketones (excluding diaryl/α,β-unsaturated/α-hetero) is 1. The lowest BCUT2D eigenvalue weighted by molar-refractivity contribution is -0.116. The highest BCUT2D eigenvalue weighted by molar-refractivity contribution is 8.01. The Hall–Kier alpha value is -4.45. The fraction of sp³-hybridized carbons (Fsp3) is 0.194. The molecule has 47 heavy (non-hydrogen) atoms. The number of amides is 1. The number of hydrogen-bond donors (Lipinski definition) is 1. The van der Waals surface area contributed by atoms with Crippen molar-refractivity contribution < 1.29 is 14.3 Å². The number of thioether (sulfide) groups is 2. The number of thiazole rings is 1. The molecule has 6 rings (SSSR count). The van der Waals surface area contributed by atoms with Crippen LogP contribution in [0.2, 0.25) is 0 Å². The Morgan fingerprint density at radius 1 is 0.851 bits per heavy atom. The van der Waals surface area contributed by atoms with Gasteiger partial charge in [0.15, 0.2) is 15.3 Å². The minimum atomic E-state index is -0.162. The molecule has 0 aliphatic rings. The van der Waals surface area contributed by atoms with Crippen LogP contribution in [0.5, 0.6) is 5.75 Å². The second kappa shape index (κ2) is 15.0. The van der Waals surface area contributed by atoms with Gasteiger partial charge in [0, 0.05) is 17.8 Å². The van der Waals surface area contributed by atoms with Crippen molar-refractivity contribution in [3.05, 3.63) is 119 Å². The van der Waals surface area contributed by atoms with Crippen LogP contribution >= 0.6 is 34.9 Å². The molecule has 2 aromatic heterocycles. The molecule has 0 saturated heterocycles. The molecular weight excluding hydrogens is 647 g/mol. The molecule has 0 aliphatic carbocycles. The number of aromatic nitrogens is 4. The van der Waals surface area contributed by atoms with Crippen molar-refractivity contribution in [3.63, 3.8) is 0 Å². The lowest BCUT2D eigenvalue weighted by Crippen LogP contribution is -2.14. The number of para-hydroxylation sites is 2. The highest BCUT2D eigenvalue weighted by Crippen LogP contribution is 2.32. The summed E-state index contributed by atoms with van der Waals surface area (Å²) in [5.41, 5.74) is 7.05. The van der Waals surface area contributed by atoms with Crippen molar-refractivity contribution in [1.29, 1.82) is 0 Å². The topological polar surface area (TPSA) is 99.0 Å². The number of nitrogens with zero attached hydrogens (tertiary/aromatic N) is 4. The highest BCUT2D eigenvalue weighted by atomic mass is 32.2. The number of benzene rings is 4. The summed E-state index contributed by atoms with van der Waals surface area (Å²) < 4.78 is 9.63. The average Bonchev–Trinajstić information content (AvgIpc) is 3.67. The third-order valence-corrected chi connectivity index (χ3v) is 10.5. The summed E-state index contributed by atoms with van der Waals surface area (Å²) in [6.45, 7) is 6.43. The number of carbonyl (C=O) groups is 2. The minimum Gasteiger partial charge on any atom is -0.486 e. The lowest BCUT2D eigenvalue weighted by Gasteiger charge is -2.11. The van der Waals surface area contributed by atoms with Crippen molar-refractivity contribution in [2.24, 2.45) is 0 Å². The molecule has 4 aromatic carbocycles. The maximum atomic E-state index is 13.0. The molecule has 0 fully saturated rings. The second-order valence-electron chi connectivity index (χ2n) is 11.1. The first-order chi connectivity index (χ1) is 22.8. The third kappa shape index (κ3) is 8.29. The van der Waals surface area contributed by atoms with Crippen molar-refractivity contribution in [2.45, 2.75) is 43.3 Å². The predicted octanol–water partition coefficient (Wildman–Crippen LogP) is 8.02. The first kappa shape index (κ1) is 32.5. The van der Waals surface area contributed by atoms with Gasteiger partial charge in [-0.3, -0.25) is 14.2 Å². The van der Waals surface area contributed by atoms with Crippen LogP contribution in [-0.4, -0.2) is 42.9 Å². The standard InChI is InChI=1S/C36H33N5O3S3/c1-23-16-24(2)30(25(3)17-23)19-28(42)21-46-36-38-31-15-14-26(18-32(31)47-36)37-34(43)22-45-35-40-39-33(20-44-29-12-8-5-9-13-29)41(35)27-10-6-4-7-11-27/h4-18H,19-22H2,1-3H3,(H,37,43). The number of carbonyl (C=O) groups excluding carboxylic acids is 2. The Labute approximate surface area is 286 Å². The molecular formula is C36H33N5O3S3. The van der Waals surface area contributed by atoms with E-state index in [4.69, 9.17) is 9.72 Å². The molecule has 0 aliphatic heterocycles. The summed E-state index contributed by atoms with van der Waals surface area (Å²) in [6.07, 6.45) is 0.425. The smallest absolute Gasteiger partial charge is 0.234 e. The van der Waals surface area contributed by atoms with E-state index >= 15 is 0 Å². The van der Waals surface area contributed by atoms with Gasteiger partial charge in [-0.2, -0.15) is 0 Å². The van der Waals surface area contributed by atoms with E-state index in [1.165, 1.54) is 40.4 Å². The summed E-state index contributed by atoms with van der Waals surface area (Å²) in [5, 5.41) is 12.3. The van der Waals surface area contributed by atoms with E-state index in [1.54, 1.807) is 0 Å². The SMILES string of the molecule is Cc1cc(C)c(CC(=O)CSc2nc3ccc(NC(=O)CSc4nnc(COc5ccccc5)n4-c4ccccc4)cc3s2)c(C)c1. The van der Waals surface area contributed by atoms with Crippen LogP contribution in [0.3, 0.4) is 0 Å². The minimum absolute atomic E-state index is 0.147. The Morgan fingerprint density at radius 3 is 2.32 bits per heavy atom. The molecule has 0 spiro atoms. The molecule has 8 nitrogen and oxygen atoms in total. The van der Waals surface area contributed by atoms with Crippen LogP contribution < -0.4 is 10.1 Å². The molecule has 1 amide bonds. The molecule has 238 valence electrons. The van der Waals surface area contributed by atoms with Gasteiger partial charge in [0.25, 0.3) is 0 Å². The Morgan fingerprint density at radius 2 is 1.57 bits per heavy atom. The Bertz CT molecular complexity index is 2000. The zero-order valence-electron chi connectivity index (χ0n) is 26.2. The fourth-order valence-corrected chi connectivity index (χ4v) is 7.98. The molecule has 2 heterocycles. The van der Waals surface area contributed by atoms with Gasteiger partial charge in [-0.15, -0.1) is 21.5 Å². The van der Waals surface area contributed by atoms with E-state index < -0.39 is 0 Å². The number of ether oxygens (including phenoxy) is 1. The maximum absolute atomic E-state index is 13.0. The molecule has 0 saturated carbocycles. The van der Waals surface area contributed by atoms with Crippen LogP contribution in [-0.2, 0) is 22.6 Å². The van der Waals surface area contributed by atoms with Gasteiger partial charge in [-0.05, 0) is 79.9 Å². The maximum Gasteiger partial charge on any atom is 0.234 e. The van der Waals surface area contributed by atoms with Crippen molar-refractivity contribution in [2.75, 3.05) is 16.8 Å². The summed E-state index contributed by atoms with van der Waals surface area (Å²) in [6, 6.07) is 29.2. The molecule has 1 N–H and O–H groups in total. The summed E-state index contributed by atoms with van der Waals surface area (Å²) in [5.74, 6) is 1.90. The normalized spacial score (nSPS) is 11.1. The Kier molecular flexibility index (Phi) is 10.4. The van der Waals surface area contributed by atoms with Crippen LogP contribution in [0.15, 0.2) is 100 Å². The summed E-state index contributed by atoms with van der Waals surface area (Å²) >= 11 is 4.29. The van der Waals surface area contributed by atoms with Gasteiger partial charge >= 0.3 is 0 Å². The lowest BCUT2D eigenvalue weighted by atomic mass is 9.96. The number of fused-ring (bicyclic) bond motifs is 1. The number of hydrogen-bond acceptors (Lipinski definition) is 9. The Balaban J connectivity index is 1.06. The number of ketones is 1. The van der Waals surface area contributed by atoms with Crippen LogP contribution in [0.4, 0.5) is 5.69 Å². The van der Waals surface area contributed by atoms with E-state index in [9.17, 15) is 9.59 Å². The molecule has 6 aromatic rings. The number of aryl methyl sites for hydroxylation is 3. The largest absolute Gasteiger partial charge is 0.486 e. The van der Waals surface area contributed by atoms with Crippen molar-refractivity contribution in [1.82, 2.24) is 19.7 Å². The van der Waals surface area contributed by atoms with E-state index in [1.807, 2.05) is 83.4 Å². The zero-order chi connectivity index (χ0) is 32.8. The van der Waals surface area contributed by atoms with E-state index in [2.05, 4.69) is 48.4 Å². The van der Waals surface area contributed by atoms with Gasteiger partial charge in [0.1, 0.15) is 18.1 Å². The average molecular weight is 680 g/mol. The third-order valence-electron chi connectivity index (χ3n) is 7.38. The predicted molar refractivity (Wildman–Crippen MR) is 191 cm³/mol. The first-order valence-corrected chi connectivity index (χ1v) is 17.8. The van der Waals surface area contributed by atoms with E-state index in [0.717, 1.165) is 42.7 Å². The van der Waals surface area contributed by atoms with Gasteiger partial charge < -0.3 is 10.1 Å². The monoisotopic (exact) mass is 679 g/mol. The van der Waals surface area contributed by atoms with Gasteiger partial charge in [0.2, 0.25) is 5.91 Å². The van der Waals surface area contributed by atoms with E-state index in [-0.39, 0.29) is 24.1 Å². The summed E-state index contributed by atoms with van der Waals surface area (Å²) in [7, 11) is 0. The molecule has 0 unspecified atom stereocenters. The molecule has 0 radical (unpaired) electrons. The zero-order valence-corrected chi connectivity index (χ0v) is 28.7. The van der Waals surface area contributed by atoms with E-state index in [0.29, 0.717) is 28.8 Å². The second-order valence-corrected chi connectivity index (χ2v) is 14.2. The van der Waals surface area contributed by atoms with Gasteiger partial charge in [-0.1, -0.05) is 77.6 Å². The van der Waals surface area contributed by atoms with Crippen LogP contribution in [0.1, 0.15) is 28.1 Å². The number of nitrogens with one attached hydrogen (secondary N) is 1. The summed E-state index contributed by atoms with van der Waals surface area (Å²) in [4.78, 5) is 30.5. The quantitative estimate of drug-likeness (QED) is 0.123. The first-order valence-electron chi connectivity index (χ1n) is 15.0. The van der Waals surface area contributed by atoms with Crippen molar-refractivity contribution in [3.8, 4) is 11.4 Å². The van der Waals surface area contributed by atoms with Gasteiger partial charge in [0.05, 0.1) is 21.7 Å². The fourth-order valence-electron chi connectivity index (χ4n) is 5.24. The van der Waals surface area contributed by atoms with Crippen LogP contribution in [0.25, 0.3) is 15.9 Å². The molecule has 0 bridgehead atoms. The highest BCUT2D eigenvalue weighted by Gasteiger charge is 2.17. The van der Waals surface area contributed by atoms with Crippen molar-refractivity contribution >= 4 is 62.5 Å². The molecule has 0 atom stereocenters. The number of anilines is 1. The van der Waals surface area contributed by atoms with Gasteiger partial charge in [-0.25, -0.2) is 4.98 Å².